The van der Waals surface area contributed by atoms with Crippen LogP contribution in [0.25, 0.3) is 17.0 Å². The maximum Gasteiger partial charge on any atom is 0.336 e. The van der Waals surface area contributed by atoms with Crippen LogP contribution in [0.4, 0.5) is 5.69 Å². The number of dihydropyridines is 1. The van der Waals surface area contributed by atoms with Gasteiger partial charge in [0, 0.05) is 34.0 Å². The third-order valence-corrected chi connectivity index (χ3v) is 6.31. The van der Waals surface area contributed by atoms with Crippen molar-refractivity contribution in [2.45, 2.75) is 12.8 Å². The number of nitro groups is 1. The number of nitrogens with one attached hydrogen (secondary N) is 1. The molecule has 0 radical (unpaired) electrons. The number of hydrogen-bond donors (Lipinski definition) is 1. The first-order chi connectivity index (χ1) is 16.3. The summed E-state index contributed by atoms with van der Waals surface area (Å²) in [6.07, 6.45) is 0. The molecule has 0 unspecified atom stereocenters. The fraction of sp³-hybridized carbons (Fsp3) is 0.120. The van der Waals surface area contributed by atoms with Crippen molar-refractivity contribution in [1.82, 2.24) is 5.32 Å². The molecule has 0 bridgehead atoms. The van der Waals surface area contributed by atoms with E-state index < -0.39 is 16.8 Å². The number of methoxy groups -OCH3 is 1. The Hall–Kier alpha value is -4.17. The van der Waals surface area contributed by atoms with Gasteiger partial charge in [0.2, 0.25) is 0 Å². The molecule has 0 fully saturated rings. The Morgan fingerprint density at radius 1 is 1.15 bits per heavy atom. The molecule has 1 N–H and O–H groups in total. The number of nitrogens with zero attached hydrogens (tertiary/aromatic N) is 1. The summed E-state index contributed by atoms with van der Waals surface area (Å²) in [5.74, 6) is -0.954. The topological polar surface area (TPSA) is 112 Å². The van der Waals surface area contributed by atoms with E-state index in [1.165, 1.54) is 19.2 Å². The fourth-order valence-electron chi connectivity index (χ4n) is 4.46. The number of Topliss-reactive ketones (excluding diaryl/α,β-unsaturated/α-hetero) is 1. The van der Waals surface area contributed by atoms with Crippen molar-refractivity contribution in [3.8, 4) is 11.3 Å². The lowest BCUT2D eigenvalue weighted by molar-refractivity contribution is -0.384. The van der Waals surface area contributed by atoms with Gasteiger partial charge < -0.3 is 14.5 Å². The lowest BCUT2D eigenvalue weighted by atomic mass is 9.83. The predicted octanol–water partition coefficient (Wildman–Crippen LogP) is 5.25. The lowest BCUT2D eigenvalue weighted by Crippen LogP contribution is -2.28. The third kappa shape index (κ3) is 3.22. The molecule has 170 valence electrons. The van der Waals surface area contributed by atoms with E-state index in [9.17, 15) is 19.7 Å². The van der Waals surface area contributed by atoms with Crippen LogP contribution in [0.2, 0.25) is 5.02 Å². The number of furan rings is 1. The molecule has 34 heavy (non-hydrogen) atoms. The second kappa shape index (κ2) is 8.00. The number of halogens is 1. The van der Waals surface area contributed by atoms with Crippen LogP contribution >= 0.6 is 11.6 Å². The zero-order valence-corrected chi connectivity index (χ0v) is 18.8. The summed E-state index contributed by atoms with van der Waals surface area (Å²) >= 11 is 5.93. The number of rotatable bonds is 4. The smallest absolute Gasteiger partial charge is 0.336 e. The first-order valence-corrected chi connectivity index (χ1v) is 10.7. The number of allylic oxidation sites excluding steroid dienone is 2. The van der Waals surface area contributed by atoms with Gasteiger partial charge in [-0.1, -0.05) is 35.9 Å². The highest BCUT2D eigenvalue weighted by molar-refractivity contribution is 6.32. The fourth-order valence-corrected chi connectivity index (χ4v) is 4.65. The maximum absolute atomic E-state index is 13.4. The Morgan fingerprint density at radius 2 is 1.88 bits per heavy atom. The van der Waals surface area contributed by atoms with Gasteiger partial charge in [0.1, 0.15) is 16.5 Å². The standard InChI is InChI=1S/C25H17ClN2O6/c1-12-20(25(30)33-2)21(22-23(27-12)14-5-3-4-6-15(14)24(22)29)19-10-9-18(34-19)13-7-8-16(26)17(11-13)28(31)32/h3-11,21,27H,1-2H3/t21-/m0/s1. The molecule has 8 nitrogen and oxygen atoms in total. The highest BCUT2D eigenvalue weighted by atomic mass is 35.5. The summed E-state index contributed by atoms with van der Waals surface area (Å²) in [7, 11) is 1.27. The normalized spacial score (nSPS) is 16.8. The van der Waals surface area contributed by atoms with Gasteiger partial charge in [-0.05, 0) is 31.2 Å². The van der Waals surface area contributed by atoms with Crippen LogP contribution < -0.4 is 5.32 Å². The second-order valence-corrected chi connectivity index (χ2v) is 8.28. The molecule has 2 aromatic carbocycles. The van der Waals surface area contributed by atoms with Gasteiger partial charge in [0.15, 0.2) is 5.78 Å². The number of hydrogen-bond acceptors (Lipinski definition) is 7. The van der Waals surface area contributed by atoms with E-state index in [-0.39, 0.29) is 22.1 Å². The second-order valence-electron chi connectivity index (χ2n) is 7.88. The molecule has 0 saturated carbocycles. The van der Waals surface area contributed by atoms with Crippen LogP contribution in [-0.2, 0) is 9.53 Å². The number of fused-ring (bicyclic) bond motifs is 2. The predicted molar refractivity (Wildman–Crippen MR) is 124 cm³/mol. The molecule has 0 spiro atoms. The molecule has 2 heterocycles. The minimum Gasteiger partial charge on any atom is -0.466 e. The summed E-state index contributed by atoms with van der Waals surface area (Å²) in [6.45, 7) is 1.74. The largest absolute Gasteiger partial charge is 0.466 e. The zero-order chi connectivity index (χ0) is 24.1. The molecule has 9 heteroatoms. The van der Waals surface area contributed by atoms with Crippen molar-refractivity contribution < 1.29 is 23.7 Å². The number of ketones is 1. The molecule has 5 rings (SSSR count). The number of esters is 1. The van der Waals surface area contributed by atoms with Crippen molar-refractivity contribution in [3.63, 3.8) is 0 Å². The highest BCUT2D eigenvalue weighted by Crippen LogP contribution is 2.47. The molecule has 2 aliphatic rings. The average Bonchev–Trinajstić information content (AvgIpc) is 3.42. The monoisotopic (exact) mass is 476 g/mol. The first kappa shape index (κ1) is 21.7. The minimum atomic E-state index is -0.820. The Bertz CT molecular complexity index is 1470. The molecular formula is C25H17ClN2O6. The number of ether oxygens (including phenoxy) is 1. The zero-order valence-electron chi connectivity index (χ0n) is 18.0. The lowest BCUT2D eigenvalue weighted by Gasteiger charge is -2.27. The average molecular weight is 477 g/mol. The molecule has 3 aromatic rings. The van der Waals surface area contributed by atoms with Crippen LogP contribution in [0, 0.1) is 10.1 Å². The summed E-state index contributed by atoms with van der Waals surface area (Å²) < 4.78 is 11.1. The molecule has 1 aliphatic heterocycles. The SMILES string of the molecule is COC(=O)C1=C(C)NC2=C(C(=O)c3ccccc32)[C@H]1c1ccc(-c2ccc(Cl)c([N+](=O)[O-])c2)o1. The van der Waals surface area contributed by atoms with Gasteiger partial charge in [-0.3, -0.25) is 14.9 Å². The molecule has 0 saturated heterocycles. The van der Waals surface area contributed by atoms with Crippen LogP contribution in [0.1, 0.15) is 34.5 Å². The van der Waals surface area contributed by atoms with Gasteiger partial charge in [0.25, 0.3) is 5.69 Å². The van der Waals surface area contributed by atoms with E-state index in [1.807, 2.05) is 12.1 Å². The molecule has 1 aromatic heterocycles. The van der Waals surface area contributed by atoms with Crippen molar-refractivity contribution >= 4 is 34.7 Å². The van der Waals surface area contributed by atoms with Gasteiger partial charge in [0.05, 0.1) is 29.2 Å². The summed E-state index contributed by atoms with van der Waals surface area (Å²) in [4.78, 5) is 36.9. The van der Waals surface area contributed by atoms with Gasteiger partial charge in [-0.2, -0.15) is 0 Å². The van der Waals surface area contributed by atoms with Crippen LogP contribution in [0.15, 0.2) is 75.9 Å². The first-order valence-electron chi connectivity index (χ1n) is 10.3. The minimum absolute atomic E-state index is 0.00883. The quantitative estimate of drug-likeness (QED) is 0.311. The Kier molecular flexibility index (Phi) is 5.10. The van der Waals surface area contributed by atoms with Crippen molar-refractivity contribution in [2.24, 2.45) is 0 Å². The summed E-state index contributed by atoms with van der Waals surface area (Å²) in [6, 6.07) is 14.8. The van der Waals surface area contributed by atoms with E-state index in [0.29, 0.717) is 39.6 Å². The van der Waals surface area contributed by atoms with Crippen LogP contribution in [-0.4, -0.2) is 23.8 Å². The van der Waals surface area contributed by atoms with Gasteiger partial charge in [-0.15, -0.1) is 0 Å². The Morgan fingerprint density at radius 3 is 2.59 bits per heavy atom. The molecule has 0 amide bonds. The van der Waals surface area contributed by atoms with Crippen LogP contribution in [0.5, 0.6) is 0 Å². The Labute approximate surface area is 198 Å². The van der Waals surface area contributed by atoms with E-state index in [2.05, 4.69) is 5.32 Å². The Balaban J connectivity index is 1.66. The van der Waals surface area contributed by atoms with E-state index in [4.69, 9.17) is 20.8 Å². The van der Waals surface area contributed by atoms with Crippen molar-refractivity contribution in [3.05, 3.63) is 103 Å². The summed E-state index contributed by atoms with van der Waals surface area (Å²) in [5, 5.41) is 14.5. The molecule has 1 atom stereocenters. The highest BCUT2D eigenvalue weighted by Gasteiger charge is 2.44. The van der Waals surface area contributed by atoms with Crippen molar-refractivity contribution in [2.75, 3.05) is 7.11 Å². The van der Waals surface area contributed by atoms with Crippen molar-refractivity contribution in [1.29, 1.82) is 0 Å². The van der Waals surface area contributed by atoms with Gasteiger partial charge in [-0.25, -0.2) is 4.79 Å². The van der Waals surface area contributed by atoms with E-state index >= 15 is 0 Å². The number of benzene rings is 2. The summed E-state index contributed by atoms with van der Waals surface area (Å²) in [5.41, 5.74) is 3.26. The molecular weight excluding hydrogens is 460 g/mol. The van der Waals surface area contributed by atoms with E-state index in [1.54, 1.807) is 37.3 Å². The number of carbonyl (C=O) groups is 2. The number of carbonyl (C=O) groups excluding carboxylic acids is 2. The van der Waals surface area contributed by atoms with Gasteiger partial charge >= 0.3 is 5.97 Å². The maximum atomic E-state index is 13.4. The van der Waals surface area contributed by atoms with E-state index in [0.717, 1.165) is 5.56 Å². The van der Waals surface area contributed by atoms with Crippen LogP contribution in [0.3, 0.4) is 0 Å². The third-order valence-electron chi connectivity index (χ3n) is 5.99. The molecule has 1 aliphatic carbocycles. The number of nitro benzene ring substituents is 1.